The number of benzene rings is 1. The molecule has 1 heterocycles. The third-order valence-electron chi connectivity index (χ3n) is 3.65. The Balaban J connectivity index is 2.38. The maximum atomic E-state index is 11.0. The van der Waals surface area contributed by atoms with Crippen LogP contribution in [0.1, 0.15) is 29.2 Å². The van der Waals surface area contributed by atoms with E-state index in [4.69, 9.17) is 5.11 Å². The second kappa shape index (κ2) is 4.90. The van der Waals surface area contributed by atoms with Gasteiger partial charge in [-0.1, -0.05) is 0 Å². The second-order valence-electron chi connectivity index (χ2n) is 4.79. The fourth-order valence-corrected chi connectivity index (χ4v) is 3.01. The lowest BCUT2D eigenvalue weighted by molar-refractivity contribution is -0.141. The van der Waals surface area contributed by atoms with E-state index in [1.807, 2.05) is 19.9 Å². The molecule has 4 nitrogen and oxygen atoms in total. The highest BCUT2D eigenvalue weighted by atomic mass is 79.9. The highest BCUT2D eigenvalue weighted by Gasteiger charge is 2.33. The summed E-state index contributed by atoms with van der Waals surface area (Å²) in [5, 5.41) is 22.3. The van der Waals surface area contributed by atoms with Crippen LogP contribution in [-0.2, 0) is 4.79 Å². The van der Waals surface area contributed by atoms with E-state index in [9.17, 15) is 9.90 Å². The number of phenolic OH excluding ortho intramolecular Hbond substituents is 1. The molecule has 2 rings (SSSR count). The van der Waals surface area contributed by atoms with Crippen LogP contribution < -0.4 is 5.32 Å². The number of rotatable bonds is 2. The van der Waals surface area contributed by atoms with Crippen molar-refractivity contribution < 1.29 is 15.0 Å². The molecule has 0 spiro atoms. The molecule has 2 unspecified atom stereocenters. The first-order chi connectivity index (χ1) is 8.41. The molecule has 0 amide bonds. The van der Waals surface area contributed by atoms with Gasteiger partial charge < -0.3 is 15.5 Å². The van der Waals surface area contributed by atoms with Crippen LogP contribution in [0.4, 0.5) is 0 Å². The van der Waals surface area contributed by atoms with Crippen molar-refractivity contribution in [2.75, 3.05) is 6.54 Å². The minimum atomic E-state index is -0.783. The summed E-state index contributed by atoms with van der Waals surface area (Å²) in [6.45, 7) is 4.38. The Labute approximate surface area is 114 Å². The van der Waals surface area contributed by atoms with Crippen molar-refractivity contribution in [3.63, 3.8) is 0 Å². The maximum absolute atomic E-state index is 11.0. The summed E-state index contributed by atoms with van der Waals surface area (Å²) in [4.78, 5) is 11.0. The zero-order valence-corrected chi connectivity index (χ0v) is 11.9. The summed E-state index contributed by atoms with van der Waals surface area (Å²) >= 11 is 3.33. The molecule has 2 atom stereocenters. The maximum Gasteiger partial charge on any atom is 0.307 e. The molecule has 1 saturated heterocycles. The molecule has 0 radical (unpaired) electrons. The molecule has 0 bridgehead atoms. The SMILES string of the molecule is Cc1cc(Br)c(O)c(C2CC(C(=O)O)CN2)c1C. The molecule has 18 heavy (non-hydrogen) atoms. The van der Waals surface area contributed by atoms with Crippen LogP contribution in [0.15, 0.2) is 10.5 Å². The van der Waals surface area contributed by atoms with Crippen molar-refractivity contribution in [1.82, 2.24) is 5.32 Å². The summed E-state index contributed by atoms with van der Waals surface area (Å²) < 4.78 is 0.654. The Hall–Kier alpha value is -1.07. The molecule has 1 aliphatic rings. The predicted molar refractivity (Wildman–Crippen MR) is 71.8 cm³/mol. The van der Waals surface area contributed by atoms with Crippen molar-refractivity contribution >= 4 is 21.9 Å². The van der Waals surface area contributed by atoms with Gasteiger partial charge in [-0.25, -0.2) is 0 Å². The zero-order valence-electron chi connectivity index (χ0n) is 10.3. The van der Waals surface area contributed by atoms with Crippen LogP contribution in [0.25, 0.3) is 0 Å². The van der Waals surface area contributed by atoms with Gasteiger partial charge in [0.1, 0.15) is 5.75 Å². The van der Waals surface area contributed by atoms with Crippen LogP contribution in [0.2, 0.25) is 0 Å². The quantitative estimate of drug-likeness (QED) is 0.784. The third kappa shape index (κ3) is 2.24. The van der Waals surface area contributed by atoms with E-state index in [1.54, 1.807) is 0 Å². The summed E-state index contributed by atoms with van der Waals surface area (Å²) in [7, 11) is 0. The van der Waals surface area contributed by atoms with E-state index in [2.05, 4.69) is 21.2 Å². The van der Waals surface area contributed by atoms with Gasteiger partial charge >= 0.3 is 5.97 Å². The lowest BCUT2D eigenvalue weighted by Gasteiger charge is -2.18. The van der Waals surface area contributed by atoms with Gasteiger partial charge in [-0.15, -0.1) is 0 Å². The third-order valence-corrected chi connectivity index (χ3v) is 4.25. The van der Waals surface area contributed by atoms with Gasteiger partial charge in [0.15, 0.2) is 0 Å². The van der Waals surface area contributed by atoms with Gasteiger partial charge in [0, 0.05) is 18.2 Å². The number of aliphatic carboxylic acids is 1. The molecule has 1 aromatic carbocycles. The lowest BCUT2D eigenvalue weighted by Crippen LogP contribution is -2.17. The number of aromatic hydroxyl groups is 1. The summed E-state index contributed by atoms with van der Waals surface area (Å²) in [6, 6.07) is 1.78. The van der Waals surface area contributed by atoms with Crippen molar-refractivity contribution in [2.24, 2.45) is 5.92 Å². The van der Waals surface area contributed by atoms with Crippen LogP contribution in [0, 0.1) is 19.8 Å². The minimum Gasteiger partial charge on any atom is -0.506 e. The monoisotopic (exact) mass is 313 g/mol. The Morgan fingerprint density at radius 2 is 2.17 bits per heavy atom. The van der Waals surface area contributed by atoms with Gasteiger partial charge in [0.2, 0.25) is 0 Å². The van der Waals surface area contributed by atoms with Gasteiger partial charge in [-0.05, 0) is 53.4 Å². The summed E-state index contributed by atoms with van der Waals surface area (Å²) in [5.74, 6) is -0.955. The Bertz CT molecular complexity index is 475. The topological polar surface area (TPSA) is 69.6 Å². The molecule has 1 fully saturated rings. The number of nitrogens with one attached hydrogen (secondary N) is 1. The number of aryl methyl sites for hydroxylation is 1. The molecule has 5 heteroatoms. The van der Waals surface area contributed by atoms with E-state index >= 15 is 0 Å². The minimum absolute atomic E-state index is 0.0951. The number of phenols is 1. The molecule has 1 aromatic rings. The summed E-state index contributed by atoms with van der Waals surface area (Å²) in [6.07, 6.45) is 0.514. The smallest absolute Gasteiger partial charge is 0.307 e. The molecular formula is C13H16BrNO3. The van der Waals surface area contributed by atoms with Crippen molar-refractivity contribution in [1.29, 1.82) is 0 Å². The average Bonchev–Trinajstić information content (AvgIpc) is 2.76. The van der Waals surface area contributed by atoms with Crippen LogP contribution in [0.3, 0.4) is 0 Å². The molecule has 1 aliphatic heterocycles. The highest BCUT2D eigenvalue weighted by Crippen LogP contribution is 2.40. The molecule has 98 valence electrons. The number of carbonyl (C=O) groups is 1. The zero-order chi connectivity index (χ0) is 13.4. The van der Waals surface area contributed by atoms with Crippen LogP contribution in [-0.4, -0.2) is 22.7 Å². The number of carboxylic acids is 1. The number of hydrogen-bond donors (Lipinski definition) is 3. The molecule has 0 saturated carbocycles. The van der Waals surface area contributed by atoms with Crippen molar-refractivity contribution in [3.05, 3.63) is 27.2 Å². The molecule has 0 aliphatic carbocycles. The summed E-state index contributed by atoms with van der Waals surface area (Å²) in [5.41, 5.74) is 2.90. The van der Waals surface area contributed by atoms with E-state index in [0.29, 0.717) is 17.4 Å². The second-order valence-corrected chi connectivity index (χ2v) is 5.65. The lowest BCUT2D eigenvalue weighted by atomic mass is 9.93. The fourth-order valence-electron chi connectivity index (χ4n) is 2.46. The van der Waals surface area contributed by atoms with E-state index in [1.165, 1.54) is 0 Å². The van der Waals surface area contributed by atoms with Gasteiger partial charge in [-0.3, -0.25) is 4.79 Å². The van der Waals surface area contributed by atoms with Gasteiger partial charge in [-0.2, -0.15) is 0 Å². The fraction of sp³-hybridized carbons (Fsp3) is 0.462. The largest absolute Gasteiger partial charge is 0.506 e. The first-order valence-electron chi connectivity index (χ1n) is 5.86. The highest BCUT2D eigenvalue weighted by molar-refractivity contribution is 9.10. The first kappa shape index (κ1) is 13.4. The van der Waals surface area contributed by atoms with Crippen molar-refractivity contribution in [3.8, 4) is 5.75 Å². The molecular weight excluding hydrogens is 298 g/mol. The number of halogens is 1. The van der Waals surface area contributed by atoms with E-state index in [0.717, 1.165) is 16.7 Å². The standard InChI is InChI=1S/C13H16BrNO3/c1-6-3-9(14)12(16)11(7(6)2)10-4-8(5-15-10)13(17)18/h3,8,10,15-16H,4-5H2,1-2H3,(H,17,18). The normalized spacial score (nSPS) is 23.3. The van der Waals surface area contributed by atoms with Gasteiger partial charge in [0.25, 0.3) is 0 Å². The average molecular weight is 314 g/mol. The van der Waals surface area contributed by atoms with Crippen LogP contribution in [0.5, 0.6) is 5.75 Å². The Kier molecular flexibility index (Phi) is 3.64. The molecule has 3 N–H and O–H groups in total. The molecule has 0 aromatic heterocycles. The van der Waals surface area contributed by atoms with Gasteiger partial charge in [0.05, 0.1) is 10.4 Å². The Morgan fingerprint density at radius 3 is 2.72 bits per heavy atom. The predicted octanol–water partition coefficient (Wildman–Crippen LogP) is 2.51. The van der Waals surface area contributed by atoms with Crippen LogP contribution >= 0.6 is 15.9 Å². The van der Waals surface area contributed by atoms with E-state index in [-0.39, 0.29) is 17.7 Å². The van der Waals surface area contributed by atoms with Crippen molar-refractivity contribution in [2.45, 2.75) is 26.3 Å². The van der Waals surface area contributed by atoms with E-state index < -0.39 is 5.97 Å². The number of carboxylic acid groups (broad SMARTS) is 1. The number of hydrogen-bond acceptors (Lipinski definition) is 3. The first-order valence-corrected chi connectivity index (χ1v) is 6.65. The Morgan fingerprint density at radius 1 is 1.50 bits per heavy atom.